The number of ether oxygens (including phenoxy) is 1. The number of hydrogen-bond donors (Lipinski definition) is 4. The number of carbonyl (C=O) groups excluding carboxylic acids is 3. The lowest BCUT2D eigenvalue weighted by molar-refractivity contribution is -0.142. The molecule has 2 atom stereocenters. The van der Waals surface area contributed by atoms with Gasteiger partial charge in [0.25, 0.3) is 0 Å². The zero-order valence-corrected chi connectivity index (χ0v) is 20.2. The van der Waals surface area contributed by atoms with Crippen molar-refractivity contribution in [3.8, 4) is 5.75 Å². The van der Waals surface area contributed by atoms with Crippen molar-refractivity contribution < 1.29 is 24.2 Å². The molecule has 2 unspecified atom stereocenters. The van der Waals surface area contributed by atoms with Crippen LogP contribution >= 0.6 is 12.6 Å². The summed E-state index contributed by atoms with van der Waals surface area (Å²) in [6.45, 7) is 12.5. The summed E-state index contributed by atoms with van der Waals surface area (Å²) in [5.41, 5.74) is -1.00. The maximum absolute atomic E-state index is 13.3. The quantitative estimate of drug-likeness (QED) is 0.475. The number of likely N-dealkylation sites (N-methyl/N-ethyl adjacent to an activating group) is 1. The second-order valence-corrected chi connectivity index (χ2v) is 9.57. The first-order valence-electron chi connectivity index (χ1n) is 10.2. The van der Waals surface area contributed by atoms with E-state index in [9.17, 15) is 19.5 Å². The van der Waals surface area contributed by atoms with Gasteiger partial charge in [0.05, 0.1) is 0 Å². The Morgan fingerprint density at radius 3 is 2.16 bits per heavy atom. The third-order valence-corrected chi connectivity index (χ3v) is 4.45. The van der Waals surface area contributed by atoms with Crippen LogP contribution in [0.4, 0.5) is 4.79 Å². The number of aromatic hydroxyl groups is 1. The van der Waals surface area contributed by atoms with Gasteiger partial charge >= 0.3 is 6.09 Å². The molecule has 0 fully saturated rings. The number of carbonyl (C=O) groups is 3. The SMILES string of the molecule is CCN(C(=O)C(CS)NC(=O)OC(C)(C)C)C(C(=O)NC(C)(C)C)c1ccccc1O. The number of thiol groups is 1. The molecule has 0 bridgehead atoms. The molecule has 31 heavy (non-hydrogen) atoms. The van der Waals surface area contributed by atoms with Crippen molar-refractivity contribution in [3.63, 3.8) is 0 Å². The summed E-state index contributed by atoms with van der Waals surface area (Å²) in [6, 6.07) is 4.25. The number of benzene rings is 1. The van der Waals surface area contributed by atoms with Crippen molar-refractivity contribution in [2.24, 2.45) is 0 Å². The van der Waals surface area contributed by atoms with Gasteiger partial charge in [-0.3, -0.25) is 9.59 Å². The minimum atomic E-state index is -1.10. The van der Waals surface area contributed by atoms with E-state index in [2.05, 4.69) is 23.3 Å². The summed E-state index contributed by atoms with van der Waals surface area (Å²) in [5, 5.41) is 15.8. The Morgan fingerprint density at radius 1 is 1.13 bits per heavy atom. The van der Waals surface area contributed by atoms with E-state index in [1.54, 1.807) is 45.9 Å². The van der Waals surface area contributed by atoms with Gasteiger partial charge in [-0.15, -0.1) is 0 Å². The Labute approximate surface area is 190 Å². The summed E-state index contributed by atoms with van der Waals surface area (Å²) >= 11 is 4.20. The van der Waals surface area contributed by atoms with Crippen LogP contribution in [-0.4, -0.2) is 57.4 Å². The Balaban J connectivity index is 3.30. The van der Waals surface area contributed by atoms with E-state index in [1.807, 2.05) is 20.8 Å². The highest BCUT2D eigenvalue weighted by molar-refractivity contribution is 7.80. The molecule has 1 rings (SSSR count). The molecule has 174 valence electrons. The van der Waals surface area contributed by atoms with Crippen LogP contribution in [0.2, 0.25) is 0 Å². The highest BCUT2D eigenvalue weighted by Gasteiger charge is 2.37. The average Bonchev–Trinajstić information content (AvgIpc) is 2.61. The summed E-state index contributed by atoms with van der Waals surface area (Å²) in [4.78, 5) is 40.1. The lowest BCUT2D eigenvalue weighted by Gasteiger charge is -2.35. The molecule has 3 N–H and O–H groups in total. The molecule has 0 aliphatic carbocycles. The van der Waals surface area contributed by atoms with Crippen molar-refractivity contribution in [2.45, 2.75) is 71.7 Å². The summed E-state index contributed by atoms with van der Waals surface area (Å²) in [7, 11) is 0. The number of nitrogens with one attached hydrogen (secondary N) is 2. The third kappa shape index (κ3) is 8.32. The number of para-hydroxylation sites is 1. The minimum absolute atomic E-state index is 0.00293. The lowest BCUT2D eigenvalue weighted by Crippen LogP contribution is -2.55. The molecule has 0 aliphatic rings. The first-order chi connectivity index (χ1) is 14.2. The molecular weight excluding hydrogens is 418 g/mol. The summed E-state index contributed by atoms with van der Waals surface area (Å²) in [6.07, 6.45) is -0.755. The molecule has 0 spiro atoms. The number of phenols is 1. The smallest absolute Gasteiger partial charge is 0.408 e. The molecule has 0 heterocycles. The Kier molecular flexibility index (Phi) is 9.23. The molecule has 0 saturated heterocycles. The van der Waals surface area contributed by atoms with Crippen molar-refractivity contribution in [1.29, 1.82) is 0 Å². The van der Waals surface area contributed by atoms with Crippen LogP contribution in [0, 0.1) is 0 Å². The maximum Gasteiger partial charge on any atom is 0.408 e. The van der Waals surface area contributed by atoms with Crippen LogP contribution in [0.1, 0.15) is 60.1 Å². The number of alkyl carbamates (subject to hydrolysis) is 1. The molecule has 0 saturated carbocycles. The topological polar surface area (TPSA) is 108 Å². The first-order valence-corrected chi connectivity index (χ1v) is 10.8. The fraction of sp³-hybridized carbons (Fsp3) is 0.591. The van der Waals surface area contributed by atoms with Crippen molar-refractivity contribution >= 4 is 30.5 Å². The molecule has 3 amide bonds. The third-order valence-electron chi connectivity index (χ3n) is 4.08. The van der Waals surface area contributed by atoms with Gasteiger partial charge in [-0.05, 0) is 54.5 Å². The van der Waals surface area contributed by atoms with Gasteiger partial charge in [0.2, 0.25) is 11.8 Å². The second-order valence-electron chi connectivity index (χ2n) is 9.21. The Bertz CT molecular complexity index is 786. The fourth-order valence-corrected chi connectivity index (χ4v) is 3.16. The number of phenolic OH excluding ortho intramolecular Hbond substituents is 1. The average molecular weight is 454 g/mol. The standard InChI is InChI=1S/C22H35N3O5S/c1-8-25(19(28)15(13-31)23-20(29)30-22(5,6)7)17(18(27)24-21(2,3)4)14-11-9-10-12-16(14)26/h9-12,15,17,26,31H,8,13H2,1-7H3,(H,23,29)(H,24,27). The molecule has 8 nitrogen and oxygen atoms in total. The van der Waals surface area contributed by atoms with Crippen molar-refractivity contribution in [1.82, 2.24) is 15.5 Å². The highest BCUT2D eigenvalue weighted by atomic mass is 32.1. The van der Waals surface area contributed by atoms with Crippen LogP contribution in [0.5, 0.6) is 5.75 Å². The van der Waals surface area contributed by atoms with E-state index in [0.29, 0.717) is 0 Å². The first kappa shape index (κ1) is 26.6. The van der Waals surface area contributed by atoms with E-state index in [0.717, 1.165) is 0 Å². The summed E-state index contributed by atoms with van der Waals surface area (Å²) in [5.74, 6) is -1.06. The molecule has 0 aromatic heterocycles. The molecule has 0 aliphatic heterocycles. The van der Waals surface area contributed by atoms with Crippen molar-refractivity contribution in [3.05, 3.63) is 29.8 Å². The zero-order valence-electron chi connectivity index (χ0n) is 19.4. The second kappa shape index (κ2) is 10.7. The van der Waals surface area contributed by atoms with Gasteiger partial charge in [-0.2, -0.15) is 12.6 Å². The van der Waals surface area contributed by atoms with Crippen LogP contribution in [-0.2, 0) is 14.3 Å². The van der Waals surface area contributed by atoms with Gasteiger partial charge in [-0.25, -0.2) is 4.79 Å². The molecule has 1 aromatic carbocycles. The number of hydrogen-bond acceptors (Lipinski definition) is 6. The van der Waals surface area contributed by atoms with Gasteiger partial charge in [0, 0.05) is 23.4 Å². The normalized spacial score (nSPS) is 13.7. The fourth-order valence-electron chi connectivity index (χ4n) is 2.91. The van der Waals surface area contributed by atoms with Gasteiger partial charge in [-0.1, -0.05) is 18.2 Å². The van der Waals surface area contributed by atoms with E-state index >= 15 is 0 Å². The van der Waals surface area contributed by atoms with Crippen LogP contribution in [0.3, 0.4) is 0 Å². The molecule has 9 heteroatoms. The Morgan fingerprint density at radius 2 is 1.71 bits per heavy atom. The van der Waals surface area contributed by atoms with Crippen LogP contribution in [0.25, 0.3) is 0 Å². The zero-order chi connectivity index (χ0) is 24.0. The Hall–Kier alpha value is -2.42. The van der Waals surface area contributed by atoms with E-state index in [1.165, 1.54) is 11.0 Å². The minimum Gasteiger partial charge on any atom is -0.508 e. The predicted octanol–water partition coefficient (Wildman–Crippen LogP) is 3.02. The van der Waals surface area contributed by atoms with E-state index in [-0.39, 0.29) is 23.6 Å². The lowest BCUT2D eigenvalue weighted by atomic mass is 10.00. The van der Waals surface area contributed by atoms with Gasteiger partial charge < -0.3 is 25.4 Å². The van der Waals surface area contributed by atoms with Crippen LogP contribution in [0.15, 0.2) is 24.3 Å². The largest absolute Gasteiger partial charge is 0.508 e. The maximum atomic E-state index is 13.3. The molecular formula is C22H35N3O5S. The van der Waals surface area contributed by atoms with Crippen LogP contribution < -0.4 is 10.6 Å². The highest BCUT2D eigenvalue weighted by Crippen LogP contribution is 2.30. The number of rotatable bonds is 7. The van der Waals surface area contributed by atoms with E-state index < -0.39 is 41.1 Å². The van der Waals surface area contributed by atoms with Crippen molar-refractivity contribution in [2.75, 3.05) is 12.3 Å². The number of nitrogens with zero attached hydrogens (tertiary/aromatic N) is 1. The monoisotopic (exact) mass is 453 g/mol. The molecule has 0 radical (unpaired) electrons. The van der Waals surface area contributed by atoms with Gasteiger partial charge in [0.1, 0.15) is 23.4 Å². The molecule has 1 aromatic rings. The predicted molar refractivity (Wildman–Crippen MR) is 123 cm³/mol. The van der Waals surface area contributed by atoms with Gasteiger partial charge in [0.15, 0.2) is 0 Å². The summed E-state index contributed by atoms with van der Waals surface area (Å²) < 4.78 is 5.24. The van der Waals surface area contributed by atoms with E-state index in [4.69, 9.17) is 4.74 Å². The number of amides is 3.